The summed E-state index contributed by atoms with van der Waals surface area (Å²) in [5.74, 6) is -1.75. The summed E-state index contributed by atoms with van der Waals surface area (Å²) in [5.41, 5.74) is 0. The monoisotopic (exact) mass is 522 g/mol. The van der Waals surface area contributed by atoms with Crippen LogP contribution in [0.4, 0.5) is 0 Å². The molecule has 0 aromatic rings. The second-order valence-electron chi connectivity index (χ2n) is 11.7. The van der Waals surface area contributed by atoms with Gasteiger partial charge in [-0.25, -0.2) is 0 Å². The molecule has 7 heteroatoms. The van der Waals surface area contributed by atoms with Gasteiger partial charge >= 0.3 is 11.9 Å². The van der Waals surface area contributed by atoms with Crippen LogP contribution in [0.3, 0.4) is 0 Å². The van der Waals surface area contributed by atoms with E-state index < -0.39 is 24.4 Å². The summed E-state index contributed by atoms with van der Waals surface area (Å²) in [4.78, 5) is 26.0. The van der Waals surface area contributed by atoms with Gasteiger partial charge in [0.2, 0.25) is 12.6 Å². The second-order valence-corrected chi connectivity index (χ2v) is 11.7. The Morgan fingerprint density at radius 3 is 1.35 bits per heavy atom. The normalized spacial score (nSPS) is 33.5. The van der Waals surface area contributed by atoms with Gasteiger partial charge in [-0.05, 0) is 25.7 Å². The first kappa shape index (κ1) is 28.8. The van der Waals surface area contributed by atoms with E-state index in [1.54, 1.807) is 0 Å². The van der Waals surface area contributed by atoms with Crippen molar-refractivity contribution >= 4 is 11.9 Å². The topological polar surface area (TPSA) is 90.2 Å². The standard InChI is InChI=1S/C30H50O7/c1-3-5-7-9-11-13-15-17-23-29(34-23)36-27(31)21-19-25-26(33-25)20-22(21)28(32)37-30-24(35-30)18-16-14-12-10-8-6-4-2/h21-26,29-30H,3-20H2,1-2H3. The van der Waals surface area contributed by atoms with Gasteiger partial charge in [0.1, 0.15) is 12.2 Å². The van der Waals surface area contributed by atoms with E-state index in [-0.39, 0.29) is 36.4 Å². The molecule has 3 aliphatic heterocycles. The second kappa shape index (κ2) is 14.8. The third kappa shape index (κ3) is 9.50. The van der Waals surface area contributed by atoms with Crippen LogP contribution in [-0.2, 0) is 33.3 Å². The largest absolute Gasteiger partial charge is 0.433 e. The number of hydrogen-bond acceptors (Lipinski definition) is 7. The lowest BCUT2D eigenvalue weighted by Crippen LogP contribution is -2.38. The van der Waals surface area contributed by atoms with Crippen LogP contribution in [0.5, 0.6) is 0 Å². The van der Waals surface area contributed by atoms with E-state index in [0.29, 0.717) is 12.8 Å². The SMILES string of the molecule is CCCCCCCCCC1OC1OC(=O)C1CC2OC2CC1C(=O)OC1OC1CCCCCCCCC. The lowest BCUT2D eigenvalue weighted by Gasteiger charge is -2.25. The number of ether oxygens (including phenoxy) is 5. The summed E-state index contributed by atoms with van der Waals surface area (Å²) in [7, 11) is 0. The zero-order valence-corrected chi connectivity index (χ0v) is 23.2. The lowest BCUT2D eigenvalue weighted by atomic mass is 9.79. The molecule has 0 spiro atoms. The first-order chi connectivity index (χ1) is 18.1. The molecule has 0 N–H and O–H groups in total. The molecule has 0 bridgehead atoms. The van der Waals surface area contributed by atoms with E-state index in [4.69, 9.17) is 23.7 Å². The Bertz CT molecular complexity index is 654. The molecule has 0 radical (unpaired) electrons. The molecule has 4 rings (SSSR count). The van der Waals surface area contributed by atoms with Crippen molar-refractivity contribution in [2.45, 2.75) is 166 Å². The Hall–Kier alpha value is -1.18. The summed E-state index contributed by atoms with van der Waals surface area (Å²) in [6.07, 6.45) is 19.6. The van der Waals surface area contributed by atoms with E-state index in [1.165, 1.54) is 77.0 Å². The predicted molar refractivity (Wildman–Crippen MR) is 140 cm³/mol. The third-order valence-electron chi connectivity index (χ3n) is 8.47. The highest BCUT2D eigenvalue weighted by Crippen LogP contribution is 2.45. The molecule has 1 aliphatic carbocycles. The third-order valence-corrected chi connectivity index (χ3v) is 8.47. The van der Waals surface area contributed by atoms with E-state index in [0.717, 1.165) is 25.7 Å². The van der Waals surface area contributed by atoms with Crippen molar-refractivity contribution in [3.8, 4) is 0 Å². The van der Waals surface area contributed by atoms with Gasteiger partial charge in [-0.1, -0.05) is 104 Å². The van der Waals surface area contributed by atoms with Gasteiger partial charge < -0.3 is 23.7 Å². The van der Waals surface area contributed by atoms with Gasteiger partial charge in [0.05, 0.1) is 24.0 Å². The smallest absolute Gasteiger partial charge is 0.312 e. The predicted octanol–water partition coefficient (Wildman–Crippen LogP) is 6.60. The minimum Gasteiger partial charge on any atom is -0.433 e. The Morgan fingerprint density at radius 2 is 0.946 bits per heavy atom. The van der Waals surface area contributed by atoms with Crippen LogP contribution < -0.4 is 0 Å². The molecule has 3 heterocycles. The van der Waals surface area contributed by atoms with Crippen LogP contribution >= 0.6 is 0 Å². The molecule has 3 saturated heterocycles. The fraction of sp³-hybridized carbons (Fsp3) is 0.933. The molecule has 4 fully saturated rings. The van der Waals surface area contributed by atoms with Crippen molar-refractivity contribution in [2.24, 2.45) is 11.8 Å². The Labute approximate surface area is 223 Å². The van der Waals surface area contributed by atoms with E-state index >= 15 is 0 Å². The quantitative estimate of drug-likeness (QED) is 0.101. The number of carbonyl (C=O) groups is 2. The van der Waals surface area contributed by atoms with Gasteiger partial charge in [0.15, 0.2) is 0 Å². The highest BCUT2D eigenvalue weighted by molar-refractivity contribution is 5.83. The van der Waals surface area contributed by atoms with E-state index in [2.05, 4.69) is 13.8 Å². The first-order valence-corrected chi connectivity index (χ1v) is 15.5. The minimum atomic E-state index is -0.528. The van der Waals surface area contributed by atoms with Crippen LogP contribution in [0, 0.1) is 11.8 Å². The van der Waals surface area contributed by atoms with Crippen molar-refractivity contribution in [3.63, 3.8) is 0 Å². The molecule has 4 aliphatic rings. The van der Waals surface area contributed by atoms with Crippen molar-refractivity contribution < 1.29 is 33.3 Å². The number of hydrogen-bond donors (Lipinski definition) is 0. The molecule has 0 aromatic carbocycles. The van der Waals surface area contributed by atoms with Crippen LogP contribution in [0.1, 0.15) is 129 Å². The summed E-state index contributed by atoms with van der Waals surface area (Å²) >= 11 is 0. The maximum atomic E-state index is 13.0. The fourth-order valence-corrected chi connectivity index (χ4v) is 5.82. The Kier molecular flexibility index (Phi) is 11.6. The van der Waals surface area contributed by atoms with Gasteiger partial charge in [-0.3, -0.25) is 9.59 Å². The minimum absolute atomic E-state index is 0.00535. The summed E-state index contributed by atoms with van der Waals surface area (Å²) < 4.78 is 28.2. The number of fused-ring (bicyclic) bond motifs is 1. The molecule has 8 atom stereocenters. The molecule has 212 valence electrons. The Balaban J connectivity index is 1.10. The lowest BCUT2D eigenvalue weighted by molar-refractivity contribution is -0.167. The average Bonchev–Trinajstić information content (AvgIpc) is 3.80. The van der Waals surface area contributed by atoms with Crippen molar-refractivity contribution in [2.75, 3.05) is 0 Å². The zero-order chi connectivity index (χ0) is 26.0. The van der Waals surface area contributed by atoms with Crippen molar-refractivity contribution in [1.82, 2.24) is 0 Å². The molecule has 37 heavy (non-hydrogen) atoms. The van der Waals surface area contributed by atoms with Gasteiger partial charge in [0, 0.05) is 0 Å². The molecule has 1 saturated carbocycles. The molecule has 7 nitrogen and oxygen atoms in total. The van der Waals surface area contributed by atoms with Crippen LogP contribution in [-0.4, -0.2) is 48.9 Å². The molecule has 0 amide bonds. The summed E-state index contributed by atoms with van der Waals surface area (Å²) in [6, 6.07) is 0. The molecule has 0 aromatic heterocycles. The van der Waals surface area contributed by atoms with E-state index in [1.807, 2.05) is 0 Å². The van der Waals surface area contributed by atoms with E-state index in [9.17, 15) is 9.59 Å². The average molecular weight is 523 g/mol. The van der Waals surface area contributed by atoms with Crippen LogP contribution in [0.25, 0.3) is 0 Å². The van der Waals surface area contributed by atoms with Crippen molar-refractivity contribution in [3.05, 3.63) is 0 Å². The number of esters is 2. The molecular formula is C30H50O7. The molecule has 8 unspecified atom stereocenters. The number of epoxide rings is 3. The summed E-state index contributed by atoms with van der Waals surface area (Å²) in [5, 5.41) is 0. The van der Waals surface area contributed by atoms with Crippen LogP contribution in [0.15, 0.2) is 0 Å². The van der Waals surface area contributed by atoms with Crippen molar-refractivity contribution in [1.29, 1.82) is 0 Å². The van der Waals surface area contributed by atoms with Gasteiger partial charge in [-0.2, -0.15) is 0 Å². The number of carbonyl (C=O) groups excluding carboxylic acids is 2. The number of rotatable bonds is 20. The summed E-state index contributed by atoms with van der Waals surface area (Å²) in [6.45, 7) is 4.46. The van der Waals surface area contributed by atoms with Crippen LogP contribution in [0.2, 0.25) is 0 Å². The highest BCUT2D eigenvalue weighted by atomic mass is 16.8. The maximum Gasteiger partial charge on any atom is 0.312 e. The fourth-order valence-electron chi connectivity index (χ4n) is 5.82. The van der Waals surface area contributed by atoms with Gasteiger partial charge in [-0.15, -0.1) is 0 Å². The number of unbranched alkanes of at least 4 members (excludes halogenated alkanes) is 12. The maximum absolute atomic E-state index is 13.0. The zero-order valence-electron chi connectivity index (χ0n) is 23.2. The first-order valence-electron chi connectivity index (χ1n) is 15.5. The Morgan fingerprint density at radius 1 is 0.568 bits per heavy atom. The van der Waals surface area contributed by atoms with Gasteiger partial charge in [0.25, 0.3) is 0 Å². The highest BCUT2D eigenvalue weighted by Gasteiger charge is 2.56. The molecular weight excluding hydrogens is 472 g/mol.